The SMILES string of the molecule is C[C@H](NC(=O)CSc1ccc(S(=O)(=O)N2CCCC2)cn1)c1ccc2c(c1)OCCO2. The van der Waals surface area contributed by atoms with Crippen molar-refractivity contribution in [1.29, 1.82) is 0 Å². The number of aromatic nitrogens is 1. The van der Waals surface area contributed by atoms with E-state index in [0.29, 0.717) is 42.8 Å². The Kier molecular flexibility index (Phi) is 6.68. The van der Waals surface area contributed by atoms with Crippen LogP contribution in [0, 0.1) is 0 Å². The largest absolute Gasteiger partial charge is 0.486 e. The summed E-state index contributed by atoms with van der Waals surface area (Å²) in [4.78, 5) is 16.8. The lowest BCUT2D eigenvalue weighted by Gasteiger charge is -2.21. The van der Waals surface area contributed by atoms with Crippen LogP contribution >= 0.6 is 11.8 Å². The number of carbonyl (C=O) groups is 1. The first-order valence-corrected chi connectivity index (χ1v) is 12.6. The quantitative estimate of drug-likeness (QED) is 0.630. The van der Waals surface area contributed by atoms with Gasteiger partial charge in [-0.1, -0.05) is 17.8 Å². The zero-order valence-electron chi connectivity index (χ0n) is 17.2. The molecule has 166 valence electrons. The number of hydrogen-bond donors (Lipinski definition) is 1. The van der Waals surface area contributed by atoms with Crippen molar-refractivity contribution in [2.75, 3.05) is 32.1 Å². The Morgan fingerprint density at radius 3 is 2.61 bits per heavy atom. The Balaban J connectivity index is 1.30. The van der Waals surface area contributed by atoms with Crippen molar-refractivity contribution in [1.82, 2.24) is 14.6 Å². The second kappa shape index (κ2) is 9.46. The minimum absolute atomic E-state index is 0.136. The minimum Gasteiger partial charge on any atom is -0.486 e. The Labute approximate surface area is 186 Å². The smallest absolute Gasteiger partial charge is 0.244 e. The van der Waals surface area contributed by atoms with Crippen molar-refractivity contribution in [2.45, 2.75) is 35.7 Å². The van der Waals surface area contributed by atoms with E-state index >= 15 is 0 Å². The average molecular weight is 464 g/mol. The minimum atomic E-state index is -3.48. The van der Waals surface area contributed by atoms with Gasteiger partial charge in [0, 0.05) is 19.3 Å². The summed E-state index contributed by atoms with van der Waals surface area (Å²) in [6.45, 7) is 4.07. The highest BCUT2D eigenvalue weighted by atomic mass is 32.2. The highest BCUT2D eigenvalue weighted by Crippen LogP contribution is 2.32. The average Bonchev–Trinajstić information content (AvgIpc) is 3.33. The van der Waals surface area contributed by atoms with Gasteiger partial charge in [0.2, 0.25) is 15.9 Å². The maximum Gasteiger partial charge on any atom is 0.244 e. The van der Waals surface area contributed by atoms with Gasteiger partial charge in [-0.3, -0.25) is 4.79 Å². The van der Waals surface area contributed by atoms with Crippen LogP contribution in [0.3, 0.4) is 0 Å². The normalized spacial score (nSPS) is 17.3. The number of ether oxygens (including phenoxy) is 2. The zero-order valence-corrected chi connectivity index (χ0v) is 18.9. The monoisotopic (exact) mass is 463 g/mol. The fourth-order valence-electron chi connectivity index (χ4n) is 3.52. The van der Waals surface area contributed by atoms with E-state index in [2.05, 4.69) is 10.3 Å². The van der Waals surface area contributed by atoms with Gasteiger partial charge in [0.25, 0.3) is 0 Å². The molecule has 1 amide bonds. The molecule has 0 spiro atoms. The molecule has 0 unspecified atom stereocenters. The zero-order chi connectivity index (χ0) is 21.8. The van der Waals surface area contributed by atoms with E-state index in [-0.39, 0.29) is 22.6 Å². The summed E-state index contributed by atoms with van der Waals surface area (Å²) in [7, 11) is -3.48. The lowest BCUT2D eigenvalue weighted by Crippen LogP contribution is -2.28. The molecule has 0 radical (unpaired) electrons. The second-order valence-corrected chi connectivity index (χ2v) is 10.4. The van der Waals surface area contributed by atoms with Crippen LogP contribution in [-0.4, -0.2) is 55.7 Å². The number of nitrogens with zero attached hydrogens (tertiary/aromatic N) is 2. The molecule has 2 aliphatic rings. The molecule has 1 saturated heterocycles. The first-order valence-electron chi connectivity index (χ1n) is 10.2. The predicted octanol–water partition coefficient (Wildman–Crippen LogP) is 2.61. The Hall–Kier alpha value is -2.30. The van der Waals surface area contributed by atoms with Crippen LogP contribution in [0.25, 0.3) is 0 Å². The van der Waals surface area contributed by atoms with Gasteiger partial charge in [-0.25, -0.2) is 13.4 Å². The summed E-state index contributed by atoms with van der Waals surface area (Å²) in [6, 6.07) is 8.65. The molecule has 8 nitrogen and oxygen atoms in total. The number of nitrogens with one attached hydrogen (secondary N) is 1. The molecule has 31 heavy (non-hydrogen) atoms. The van der Waals surface area contributed by atoms with Crippen LogP contribution in [-0.2, 0) is 14.8 Å². The summed E-state index contributed by atoms with van der Waals surface area (Å²) in [5.74, 6) is 1.45. The molecular weight excluding hydrogens is 438 g/mol. The van der Waals surface area contributed by atoms with Crippen molar-refractivity contribution in [3.63, 3.8) is 0 Å². The third-order valence-electron chi connectivity index (χ3n) is 5.21. The van der Waals surface area contributed by atoms with Gasteiger partial charge in [0.05, 0.1) is 16.8 Å². The van der Waals surface area contributed by atoms with E-state index in [1.54, 1.807) is 12.1 Å². The molecule has 0 aliphatic carbocycles. The Morgan fingerprint density at radius 2 is 1.90 bits per heavy atom. The highest BCUT2D eigenvalue weighted by Gasteiger charge is 2.27. The summed E-state index contributed by atoms with van der Waals surface area (Å²) in [6.07, 6.45) is 3.15. The van der Waals surface area contributed by atoms with Gasteiger partial charge in [0.15, 0.2) is 11.5 Å². The van der Waals surface area contributed by atoms with Crippen LogP contribution in [0.2, 0.25) is 0 Å². The Bertz CT molecular complexity index is 1040. The van der Waals surface area contributed by atoms with Crippen molar-refractivity contribution in [3.05, 3.63) is 42.1 Å². The molecule has 1 fully saturated rings. The fraction of sp³-hybridized carbons (Fsp3) is 0.429. The van der Waals surface area contributed by atoms with Crippen molar-refractivity contribution < 1.29 is 22.7 Å². The van der Waals surface area contributed by atoms with E-state index < -0.39 is 10.0 Å². The van der Waals surface area contributed by atoms with Crippen LogP contribution in [0.4, 0.5) is 0 Å². The number of hydrogen-bond acceptors (Lipinski definition) is 7. The summed E-state index contributed by atoms with van der Waals surface area (Å²) in [5, 5.41) is 3.56. The van der Waals surface area contributed by atoms with Crippen molar-refractivity contribution in [2.24, 2.45) is 0 Å². The highest BCUT2D eigenvalue weighted by molar-refractivity contribution is 7.99. The Morgan fingerprint density at radius 1 is 1.16 bits per heavy atom. The molecule has 1 aromatic carbocycles. The van der Waals surface area contributed by atoms with Crippen molar-refractivity contribution in [3.8, 4) is 11.5 Å². The maximum absolute atomic E-state index is 12.6. The number of thioether (sulfide) groups is 1. The van der Waals surface area contributed by atoms with Crippen molar-refractivity contribution >= 4 is 27.7 Å². The standard InChI is InChI=1S/C21H25N3O5S2/c1-15(16-4-6-18-19(12-16)29-11-10-28-18)23-20(25)14-30-21-7-5-17(13-22-21)31(26,27)24-8-2-3-9-24/h4-7,12-13,15H,2-3,8-11,14H2,1H3,(H,23,25)/t15-/m0/s1. The first kappa shape index (κ1) is 21.9. The number of fused-ring (bicyclic) bond motifs is 1. The van der Waals surface area contributed by atoms with Crippen LogP contribution in [0.5, 0.6) is 11.5 Å². The number of sulfonamides is 1. The molecule has 0 bridgehead atoms. The number of amides is 1. The third-order valence-corrected chi connectivity index (χ3v) is 8.03. The van der Waals surface area contributed by atoms with Crippen LogP contribution < -0.4 is 14.8 Å². The topological polar surface area (TPSA) is 97.8 Å². The van der Waals surface area contributed by atoms with Gasteiger partial charge in [-0.15, -0.1) is 0 Å². The lowest BCUT2D eigenvalue weighted by atomic mass is 10.1. The molecule has 10 heteroatoms. The predicted molar refractivity (Wildman–Crippen MR) is 117 cm³/mol. The van der Waals surface area contributed by atoms with Gasteiger partial charge in [0.1, 0.15) is 18.1 Å². The first-order chi connectivity index (χ1) is 14.9. The number of carbonyl (C=O) groups excluding carboxylic acids is 1. The molecule has 1 aromatic heterocycles. The molecule has 2 aliphatic heterocycles. The second-order valence-electron chi connectivity index (χ2n) is 7.42. The van der Waals surface area contributed by atoms with Crippen LogP contribution in [0.1, 0.15) is 31.4 Å². The van der Waals surface area contributed by atoms with E-state index in [1.807, 2.05) is 25.1 Å². The number of pyridine rings is 1. The number of rotatable bonds is 7. The summed E-state index contributed by atoms with van der Waals surface area (Å²) < 4.78 is 37.7. The van der Waals surface area contributed by atoms with Gasteiger partial charge in [-0.05, 0) is 49.6 Å². The van der Waals surface area contributed by atoms with Gasteiger partial charge in [-0.2, -0.15) is 4.31 Å². The molecule has 4 rings (SSSR count). The van der Waals surface area contributed by atoms with E-state index in [1.165, 1.54) is 22.3 Å². The lowest BCUT2D eigenvalue weighted by molar-refractivity contribution is -0.119. The fourth-order valence-corrected chi connectivity index (χ4v) is 5.63. The van der Waals surface area contributed by atoms with Crippen LogP contribution in [0.15, 0.2) is 46.5 Å². The third kappa shape index (κ3) is 5.13. The molecule has 0 saturated carbocycles. The maximum atomic E-state index is 12.6. The molecule has 1 N–H and O–H groups in total. The van der Waals surface area contributed by atoms with Gasteiger partial charge < -0.3 is 14.8 Å². The van der Waals surface area contributed by atoms with Gasteiger partial charge >= 0.3 is 0 Å². The molecule has 1 atom stereocenters. The van der Waals surface area contributed by atoms with E-state index in [0.717, 1.165) is 18.4 Å². The number of benzene rings is 1. The van der Waals surface area contributed by atoms with E-state index in [4.69, 9.17) is 9.47 Å². The summed E-state index contributed by atoms with van der Waals surface area (Å²) >= 11 is 1.26. The van der Waals surface area contributed by atoms with E-state index in [9.17, 15) is 13.2 Å². The molecular formula is C21H25N3O5S2. The molecule has 3 heterocycles. The summed E-state index contributed by atoms with van der Waals surface area (Å²) in [5.41, 5.74) is 0.928. The molecule has 2 aromatic rings.